The van der Waals surface area contributed by atoms with Crippen molar-refractivity contribution in [3.63, 3.8) is 0 Å². The molecule has 1 atom stereocenters. The van der Waals surface area contributed by atoms with E-state index in [1.807, 2.05) is 38.1 Å². The molecule has 10 heteroatoms. The van der Waals surface area contributed by atoms with Crippen molar-refractivity contribution in [1.29, 1.82) is 0 Å². The average molecular weight is 603 g/mol. The Kier molecular flexibility index (Phi) is 9.93. The van der Waals surface area contributed by atoms with Crippen LogP contribution in [0.4, 0.5) is 5.69 Å². The van der Waals surface area contributed by atoms with Crippen LogP contribution in [0.15, 0.2) is 88.2 Å². The Hall–Kier alpha value is -3.37. The van der Waals surface area contributed by atoms with E-state index >= 15 is 0 Å². The lowest BCUT2D eigenvalue weighted by Gasteiger charge is -2.32. The van der Waals surface area contributed by atoms with Crippen molar-refractivity contribution in [2.75, 3.05) is 18.0 Å². The molecule has 1 N–H and O–H groups in total. The number of methoxy groups -OCH3 is 1. The van der Waals surface area contributed by atoms with Gasteiger partial charge in [0.1, 0.15) is 18.3 Å². The lowest BCUT2D eigenvalue weighted by molar-refractivity contribution is -0.139. The zero-order valence-electron chi connectivity index (χ0n) is 21.8. The van der Waals surface area contributed by atoms with Crippen molar-refractivity contribution >= 4 is 43.5 Å². The summed E-state index contributed by atoms with van der Waals surface area (Å²) in [5.41, 5.74) is 1.13. The third-order valence-corrected chi connectivity index (χ3v) is 8.15. The number of ether oxygens (including phenoxy) is 1. The van der Waals surface area contributed by atoms with E-state index < -0.39 is 28.5 Å². The highest BCUT2D eigenvalue weighted by Gasteiger charge is 2.32. The van der Waals surface area contributed by atoms with Crippen molar-refractivity contribution in [3.05, 3.63) is 88.9 Å². The Morgan fingerprint density at radius 3 is 2.08 bits per heavy atom. The van der Waals surface area contributed by atoms with Crippen molar-refractivity contribution in [3.8, 4) is 5.75 Å². The number of nitrogens with one attached hydrogen (secondary N) is 1. The van der Waals surface area contributed by atoms with E-state index in [-0.39, 0.29) is 23.4 Å². The number of hydrogen-bond donors (Lipinski definition) is 1. The van der Waals surface area contributed by atoms with Gasteiger partial charge in [0.15, 0.2) is 0 Å². The standard InChI is InChI=1S/C28H32BrN3O5S/c1-20(2)30-28(34)21(3)31(18-22-10-12-23(29)13-11-22)27(33)19-32(24-8-6-5-7-9-24)38(35,36)26-16-14-25(37-4)15-17-26/h5-17,20-21H,18-19H2,1-4H3,(H,30,34). The monoisotopic (exact) mass is 601 g/mol. The van der Waals surface area contributed by atoms with Gasteiger partial charge in [0.05, 0.1) is 17.7 Å². The predicted octanol–water partition coefficient (Wildman–Crippen LogP) is 4.59. The first-order valence-electron chi connectivity index (χ1n) is 12.1. The highest BCUT2D eigenvalue weighted by Crippen LogP contribution is 2.26. The van der Waals surface area contributed by atoms with Crippen molar-refractivity contribution in [1.82, 2.24) is 10.2 Å². The van der Waals surface area contributed by atoms with E-state index in [0.29, 0.717) is 11.4 Å². The summed E-state index contributed by atoms with van der Waals surface area (Å²) in [6.07, 6.45) is 0. The average Bonchev–Trinajstić information content (AvgIpc) is 2.90. The largest absolute Gasteiger partial charge is 0.497 e. The van der Waals surface area contributed by atoms with Gasteiger partial charge in [-0.25, -0.2) is 8.42 Å². The summed E-state index contributed by atoms with van der Waals surface area (Å²) in [5, 5.41) is 2.84. The summed E-state index contributed by atoms with van der Waals surface area (Å²) >= 11 is 3.41. The van der Waals surface area contributed by atoms with Crippen LogP contribution in [0.1, 0.15) is 26.3 Å². The zero-order chi connectivity index (χ0) is 27.9. The molecule has 8 nitrogen and oxygen atoms in total. The maximum absolute atomic E-state index is 13.8. The number of nitrogens with zero attached hydrogens (tertiary/aromatic N) is 2. The van der Waals surface area contributed by atoms with Crippen LogP contribution < -0.4 is 14.4 Å². The Labute approximate surface area is 232 Å². The van der Waals surface area contributed by atoms with Crippen molar-refractivity contribution in [2.24, 2.45) is 0 Å². The van der Waals surface area contributed by atoms with Gasteiger partial charge in [-0.1, -0.05) is 46.3 Å². The van der Waals surface area contributed by atoms with Gasteiger partial charge in [0, 0.05) is 17.1 Å². The molecular formula is C28H32BrN3O5S. The Morgan fingerprint density at radius 2 is 1.53 bits per heavy atom. The van der Waals surface area contributed by atoms with Crippen LogP contribution in [-0.4, -0.2) is 50.9 Å². The first kappa shape index (κ1) is 29.2. The highest BCUT2D eigenvalue weighted by molar-refractivity contribution is 9.10. The molecule has 0 saturated heterocycles. The molecule has 2 amide bonds. The van der Waals surface area contributed by atoms with Crippen LogP contribution in [-0.2, 0) is 26.2 Å². The summed E-state index contributed by atoms with van der Waals surface area (Å²) in [7, 11) is -2.63. The first-order valence-corrected chi connectivity index (χ1v) is 14.3. The number of sulfonamides is 1. The quantitative estimate of drug-likeness (QED) is 0.347. The molecule has 38 heavy (non-hydrogen) atoms. The summed E-state index contributed by atoms with van der Waals surface area (Å²) in [5.74, 6) is -0.327. The molecule has 0 bridgehead atoms. The van der Waals surface area contributed by atoms with Crippen LogP contribution in [0, 0.1) is 0 Å². The van der Waals surface area contributed by atoms with E-state index in [4.69, 9.17) is 4.74 Å². The van der Waals surface area contributed by atoms with Crippen LogP contribution in [0.3, 0.4) is 0 Å². The molecule has 0 fully saturated rings. The van der Waals surface area contributed by atoms with Gasteiger partial charge >= 0.3 is 0 Å². The van der Waals surface area contributed by atoms with Crippen molar-refractivity contribution < 1.29 is 22.7 Å². The van der Waals surface area contributed by atoms with Gasteiger partial charge in [0.25, 0.3) is 10.0 Å². The summed E-state index contributed by atoms with van der Waals surface area (Å²) < 4.78 is 34.6. The van der Waals surface area contributed by atoms with E-state index in [2.05, 4.69) is 21.2 Å². The lowest BCUT2D eigenvalue weighted by atomic mass is 10.1. The predicted molar refractivity (Wildman–Crippen MR) is 151 cm³/mol. The smallest absolute Gasteiger partial charge is 0.264 e. The normalized spacial score (nSPS) is 12.1. The van der Waals surface area contributed by atoms with Crippen LogP contribution in [0.5, 0.6) is 5.75 Å². The molecule has 3 rings (SSSR count). The molecule has 202 valence electrons. The Bertz CT molecular complexity index is 1330. The van der Waals surface area contributed by atoms with Crippen molar-refractivity contribution in [2.45, 2.75) is 44.3 Å². The number of amides is 2. The van der Waals surface area contributed by atoms with E-state index in [1.165, 1.54) is 24.1 Å². The van der Waals surface area contributed by atoms with Crippen LogP contribution in [0.25, 0.3) is 0 Å². The van der Waals surface area contributed by atoms with E-state index in [0.717, 1.165) is 14.3 Å². The molecule has 0 saturated carbocycles. The number of rotatable bonds is 11. The summed E-state index contributed by atoms with van der Waals surface area (Å²) in [6, 6.07) is 20.8. The molecule has 0 aliphatic rings. The number of hydrogen-bond acceptors (Lipinski definition) is 5. The summed E-state index contributed by atoms with van der Waals surface area (Å²) in [6.45, 7) is 4.95. The minimum absolute atomic E-state index is 0.0139. The maximum atomic E-state index is 13.8. The number of carbonyl (C=O) groups is 2. The maximum Gasteiger partial charge on any atom is 0.264 e. The van der Waals surface area contributed by atoms with Gasteiger partial charge in [-0.2, -0.15) is 0 Å². The molecule has 0 aliphatic heterocycles. The summed E-state index contributed by atoms with van der Waals surface area (Å²) in [4.78, 5) is 28.2. The van der Waals surface area contributed by atoms with Crippen LogP contribution in [0.2, 0.25) is 0 Å². The molecule has 3 aromatic carbocycles. The van der Waals surface area contributed by atoms with E-state index in [1.54, 1.807) is 49.4 Å². The zero-order valence-corrected chi connectivity index (χ0v) is 24.2. The highest BCUT2D eigenvalue weighted by atomic mass is 79.9. The van der Waals surface area contributed by atoms with E-state index in [9.17, 15) is 18.0 Å². The fraction of sp³-hybridized carbons (Fsp3) is 0.286. The molecule has 0 radical (unpaired) electrons. The molecule has 0 aliphatic carbocycles. The molecule has 1 unspecified atom stereocenters. The SMILES string of the molecule is COc1ccc(S(=O)(=O)N(CC(=O)N(Cc2ccc(Br)cc2)C(C)C(=O)NC(C)C)c2ccccc2)cc1. The second kappa shape index (κ2) is 12.9. The third kappa shape index (κ3) is 7.35. The van der Waals surface area contributed by atoms with Crippen LogP contribution >= 0.6 is 15.9 Å². The minimum atomic E-state index is -4.13. The Morgan fingerprint density at radius 1 is 0.921 bits per heavy atom. The van der Waals surface area contributed by atoms with Gasteiger partial charge < -0.3 is 15.0 Å². The second-order valence-corrected chi connectivity index (χ2v) is 11.8. The van der Waals surface area contributed by atoms with Gasteiger partial charge in [-0.05, 0) is 74.9 Å². The third-order valence-electron chi connectivity index (χ3n) is 5.83. The number of benzene rings is 3. The second-order valence-electron chi connectivity index (χ2n) is 9.01. The number of anilines is 1. The molecule has 0 aromatic heterocycles. The van der Waals surface area contributed by atoms with Gasteiger partial charge in [0.2, 0.25) is 11.8 Å². The number of para-hydroxylation sites is 1. The topological polar surface area (TPSA) is 96.0 Å². The lowest BCUT2D eigenvalue weighted by Crippen LogP contribution is -2.52. The van der Waals surface area contributed by atoms with Gasteiger partial charge in [-0.15, -0.1) is 0 Å². The first-order chi connectivity index (χ1) is 18.0. The molecule has 0 heterocycles. The fourth-order valence-electron chi connectivity index (χ4n) is 3.77. The van der Waals surface area contributed by atoms with Gasteiger partial charge in [-0.3, -0.25) is 13.9 Å². The molecule has 3 aromatic rings. The minimum Gasteiger partial charge on any atom is -0.497 e. The fourth-order valence-corrected chi connectivity index (χ4v) is 5.45. The molecule has 0 spiro atoms. The Balaban J connectivity index is 1.99. The number of halogens is 1. The molecular weight excluding hydrogens is 570 g/mol. The number of carbonyl (C=O) groups excluding carboxylic acids is 2.